The van der Waals surface area contributed by atoms with Gasteiger partial charge in [0.25, 0.3) is 5.91 Å². The first-order chi connectivity index (χ1) is 9.49. The van der Waals surface area contributed by atoms with Crippen molar-refractivity contribution in [1.29, 1.82) is 0 Å². The Balaban J connectivity index is 2.21. The molecule has 8 heteroatoms. The van der Waals surface area contributed by atoms with Crippen molar-refractivity contribution in [3.05, 3.63) is 28.5 Å². The first kappa shape index (κ1) is 16.8. The Morgan fingerprint density at radius 3 is 2.85 bits per heavy atom. The van der Waals surface area contributed by atoms with Gasteiger partial charge in [-0.1, -0.05) is 0 Å². The van der Waals surface area contributed by atoms with E-state index in [1.165, 1.54) is 30.0 Å². The Morgan fingerprint density at radius 1 is 1.45 bits per heavy atom. The van der Waals surface area contributed by atoms with Crippen molar-refractivity contribution < 1.29 is 23.8 Å². The van der Waals surface area contributed by atoms with E-state index in [0.717, 1.165) is 0 Å². The van der Waals surface area contributed by atoms with Crippen molar-refractivity contribution in [3.63, 3.8) is 0 Å². The zero-order valence-electron chi connectivity index (χ0n) is 10.4. The molecule has 0 saturated heterocycles. The van der Waals surface area contributed by atoms with Crippen LogP contribution in [0.4, 0.5) is 4.39 Å². The molecule has 110 valence electrons. The van der Waals surface area contributed by atoms with Crippen molar-refractivity contribution in [2.45, 2.75) is 0 Å². The second kappa shape index (κ2) is 8.80. The van der Waals surface area contributed by atoms with Crippen LogP contribution in [0.25, 0.3) is 0 Å². The summed E-state index contributed by atoms with van der Waals surface area (Å²) in [5.74, 6) is -0.707. The Kier molecular flexibility index (Phi) is 7.38. The van der Waals surface area contributed by atoms with Crippen molar-refractivity contribution in [1.82, 2.24) is 5.32 Å². The largest absolute Gasteiger partial charge is 0.483 e. The van der Waals surface area contributed by atoms with E-state index in [0.29, 0.717) is 22.5 Å². The van der Waals surface area contributed by atoms with Gasteiger partial charge in [0.05, 0.1) is 10.2 Å². The number of hydrogen-bond donors (Lipinski definition) is 2. The average molecular weight is 366 g/mol. The molecule has 0 aliphatic carbocycles. The van der Waals surface area contributed by atoms with Gasteiger partial charge in [-0.3, -0.25) is 9.59 Å². The number of rotatable bonds is 8. The number of halogens is 2. The minimum atomic E-state index is -0.884. The van der Waals surface area contributed by atoms with E-state index >= 15 is 0 Å². The van der Waals surface area contributed by atoms with Gasteiger partial charge in [0.15, 0.2) is 6.61 Å². The highest BCUT2D eigenvalue weighted by molar-refractivity contribution is 9.10. The lowest BCUT2D eigenvalue weighted by Crippen LogP contribution is -2.30. The van der Waals surface area contributed by atoms with Crippen LogP contribution in [0.3, 0.4) is 0 Å². The Labute approximate surface area is 128 Å². The molecule has 20 heavy (non-hydrogen) atoms. The van der Waals surface area contributed by atoms with E-state index in [2.05, 4.69) is 21.2 Å². The quantitative estimate of drug-likeness (QED) is 0.688. The van der Waals surface area contributed by atoms with Gasteiger partial charge in [-0.05, 0) is 34.1 Å². The standard InChI is InChI=1S/C12H13BrFNO4S/c13-9-5-8(14)1-2-10(9)19-6-11(16)15-3-4-20-7-12(17)18/h1-2,5H,3-4,6-7H2,(H,15,16)(H,17,18). The fraction of sp³-hybridized carbons (Fsp3) is 0.333. The van der Waals surface area contributed by atoms with Gasteiger partial charge in [-0.2, -0.15) is 0 Å². The molecule has 0 aromatic heterocycles. The van der Waals surface area contributed by atoms with E-state index in [-0.39, 0.29) is 18.3 Å². The molecule has 0 unspecified atom stereocenters. The van der Waals surface area contributed by atoms with Gasteiger partial charge in [0, 0.05) is 12.3 Å². The maximum atomic E-state index is 12.8. The zero-order valence-corrected chi connectivity index (χ0v) is 12.8. The lowest BCUT2D eigenvalue weighted by Gasteiger charge is -2.08. The van der Waals surface area contributed by atoms with Crippen LogP contribution in [-0.2, 0) is 9.59 Å². The summed E-state index contributed by atoms with van der Waals surface area (Å²) in [6, 6.07) is 3.91. The molecular formula is C12H13BrFNO4S. The summed E-state index contributed by atoms with van der Waals surface area (Å²) in [4.78, 5) is 21.7. The van der Waals surface area contributed by atoms with Crippen LogP contribution in [0.5, 0.6) is 5.75 Å². The molecule has 0 spiro atoms. The summed E-state index contributed by atoms with van der Waals surface area (Å²) < 4.78 is 18.5. The number of carbonyl (C=O) groups is 2. The molecule has 1 aromatic rings. The number of thioether (sulfide) groups is 1. The fourth-order valence-electron chi connectivity index (χ4n) is 1.21. The molecule has 1 amide bonds. The second-order valence-electron chi connectivity index (χ2n) is 3.66. The van der Waals surface area contributed by atoms with Gasteiger partial charge >= 0.3 is 5.97 Å². The summed E-state index contributed by atoms with van der Waals surface area (Å²) in [5.41, 5.74) is 0. The van der Waals surface area contributed by atoms with Gasteiger partial charge < -0.3 is 15.2 Å². The molecule has 1 aromatic carbocycles. The predicted octanol–water partition coefficient (Wildman–Crippen LogP) is 1.90. The van der Waals surface area contributed by atoms with Gasteiger partial charge in [0.2, 0.25) is 0 Å². The molecule has 2 N–H and O–H groups in total. The minimum Gasteiger partial charge on any atom is -0.483 e. The monoisotopic (exact) mass is 365 g/mol. The Hall–Kier alpha value is -1.28. The van der Waals surface area contributed by atoms with E-state index in [9.17, 15) is 14.0 Å². The molecule has 0 saturated carbocycles. The van der Waals surface area contributed by atoms with Crippen molar-refractivity contribution in [2.75, 3.05) is 24.7 Å². The normalized spacial score (nSPS) is 10.1. The third-order valence-corrected chi connectivity index (χ3v) is 3.61. The number of nitrogens with one attached hydrogen (secondary N) is 1. The topological polar surface area (TPSA) is 75.6 Å². The van der Waals surface area contributed by atoms with Crippen LogP contribution >= 0.6 is 27.7 Å². The van der Waals surface area contributed by atoms with Crippen LogP contribution in [0.2, 0.25) is 0 Å². The number of carboxylic acid groups (broad SMARTS) is 1. The van der Waals surface area contributed by atoms with Crippen LogP contribution in [-0.4, -0.2) is 41.6 Å². The van der Waals surface area contributed by atoms with Crippen molar-refractivity contribution in [2.24, 2.45) is 0 Å². The highest BCUT2D eigenvalue weighted by Crippen LogP contribution is 2.25. The number of carboxylic acids is 1. The Morgan fingerprint density at radius 2 is 2.20 bits per heavy atom. The zero-order chi connectivity index (χ0) is 15.0. The number of aliphatic carboxylic acids is 1. The van der Waals surface area contributed by atoms with E-state index < -0.39 is 11.8 Å². The van der Waals surface area contributed by atoms with E-state index in [1.807, 2.05) is 0 Å². The lowest BCUT2D eigenvalue weighted by atomic mass is 10.3. The molecule has 0 fully saturated rings. The van der Waals surface area contributed by atoms with E-state index in [1.54, 1.807) is 0 Å². The second-order valence-corrected chi connectivity index (χ2v) is 5.62. The van der Waals surface area contributed by atoms with Crippen molar-refractivity contribution in [3.8, 4) is 5.75 Å². The first-order valence-electron chi connectivity index (χ1n) is 5.63. The highest BCUT2D eigenvalue weighted by Gasteiger charge is 2.06. The maximum absolute atomic E-state index is 12.8. The average Bonchev–Trinajstić information content (AvgIpc) is 2.37. The molecular weight excluding hydrogens is 353 g/mol. The van der Waals surface area contributed by atoms with Crippen molar-refractivity contribution >= 4 is 39.6 Å². The maximum Gasteiger partial charge on any atom is 0.313 e. The Bertz CT molecular complexity index is 487. The molecule has 0 atom stereocenters. The van der Waals surface area contributed by atoms with Crippen LogP contribution in [0, 0.1) is 5.82 Å². The number of ether oxygens (including phenoxy) is 1. The summed E-state index contributed by atoms with van der Waals surface area (Å²) in [5, 5.41) is 11.0. The summed E-state index contributed by atoms with van der Waals surface area (Å²) in [6.07, 6.45) is 0. The van der Waals surface area contributed by atoms with Gasteiger partial charge in [-0.15, -0.1) is 11.8 Å². The molecule has 5 nitrogen and oxygen atoms in total. The molecule has 0 radical (unpaired) electrons. The molecule has 0 heterocycles. The number of hydrogen-bond acceptors (Lipinski definition) is 4. The predicted molar refractivity (Wildman–Crippen MR) is 77.6 cm³/mol. The highest BCUT2D eigenvalue weighted by atomic mass is 79.9. The minimum absolute atomic E-state index is 0.00883. The molecule has 0 bridgehead atoms. The summed E-state index contributed by atoms with van der Waals surface area (Å²) in [6.45, 7) is 0.179. The van der Waals surface area contributed by atoms with E-state index in [4.69, 9.17) is 9.84 Å². The molecule has 0 aliphatic rings. The number of carbonyl (C=O) groups excluding carboxylic acids is 1. The first-order valence-corrected chi connectivity index (χ1v) is 7.58. The van der Waals surface area contributed by atoms with Gasteiger partial charge in [-0.25, -0.2) is 4.39 Å². The van der Waals surface area contributed by atoms with Crippen LogP contribution in [0.1, 0.15) is 0 Å². The third kappa shape index (κ3) is 6.76. The van der Waals surface area contributed by atoms with Crippen LogP contribution < -0.4 is 10.1 Å². The summed E-state index contributed by atoms with van der Waals surface area (Å²) in [7, 11) is 0. The number of amides is 1. The van der Waals surface area contributed by atoms with Gasteiger partial charge in [0.1, 0.15) is 11.6 Å². The number of benzene rings is 1. The molecule has 0 aliphatic heterocycles. The van der Waals surface area contributed by atoms with Crippen LogP contribution in [0.15, 0.2) is 22.7 Å². The summed E-state index contributed by atoms with van der Waals surface area (Å²) >= 11 is 4.35. The fourth-order valence-corrected chi connectivity index (χ4v) is 2.24. The third-order valence-electron chi connectivity index (χ3n) is 2.05. The lowest BCUT2D eigenvalue weighted by molar-refractivity contribution is -0.133. The SMILES string of the molecule is O=C(O)CSCCNC(=O)COc1ccc(F)cc1Br. The molecule has 1 rings (SSSR count). The smallest absolute Gasteiger partial charge is 0.313 e.